The van der Waals surface area contributed by atoms with Crippen molar-refractivity contribution in [3.63, 3.8) is 0 Å². The van der Waals surface area contributed by atoms with Gasteiger partial charge in [-0.15, -0.1) is 11.3 Å². The van der Waals surface area contributed by atoms with E-state index in [0.717, 1.165) is 26.5 Å². The summed E-state index contributed by atoms with van der Waals surface area (Å²) < 4.78 is 8.98. The van der Waals surface area contributed by atoms with Crippen LogP contribution in [0.4, 0.5) is 21.0 Å². The molecule has 6 rings (SSSR count). The Morgan fingerprint density at radius 2 is 1.84 bits per heavy atom. The predicted molar refractivity (Wildman–Crippen MR) is 143 cm³/mol. The zero-order chi connectivity index (χ0) is 25.4. The Morgan fingerprint density at radius 3 is 2.59 bits per heavy atom. The average Bonchev–Trinajstić information content (AvgIpc) is 3.64. The molecular formula is C27H22N6O3S. The van der Waals surface area contributed by atoms with Crippen molar-refractivity contribution >= 4 is 45.0 Å². The quantitative estimate of drug-likeness (QED) is 0.315. The molecule has 9 nitrogen and oxygen atoms in total. The molecular weight excluding hydrogens is 488 g/mol. The van der Waals surface area contributed by atoms with E-state index in [4.69, 9.17) is 4.74 Å². The molecule has 184 valence electrons. The third-order valence-corrected chi connectivity index (χ3v) is 7.15. The molecule has 0 radical (unpaired) electrons. The summed E-state index contributed by atoms with van der Waals surface area (Å²) in [6.07, 6.45) is 5.45. The van der Waals surface area contributed by atoms with Crippen LogP contribution in [0, 0.1) is 0 Å². The van der Waals surface area contributed by atoms with Gasteiger partial charge in [0.25, 0.3) is 0 Å². The van der Waals surface area contributed by atoms with Crippen LogP contribution in [0.3, 0.4) is 0 Å². The van der Waals surface area contributed by atoms with Crippen LogP contribution in [0.25, 0.3) is 20.8 Å². The van der Waals surface area contributed by atoms with Gasteiger partial charge < -0.3 is 14.6 Å². The molecule has 1 N–H and O–H groups in total. The third-order valence-electron chi connectivity index (χ3n) is 5.99. The van der Waals surface area contributed by atoms with Crippen molar-refractivity contribution in [2.75, 3.05) is 23.3 Å². The smallest absolute Gasteiger partial charge is 0.332 e. The number of ether oxygens (including phenoxy) is 1. The van der Waals surface area contributed by atoms with Crippen LogP contribution < -0.4 is 15.0 Å². The number of pyridine rings is 1. The van der Waals surface area contributed by atoms with Gasteiger partial charge in [-0.25, -0.2) is 19.5 Å². The number of para-hydroxylation sites is 1. The number of rotatable bonds is 5. The van der Waals surface area contributed by atoms with Crippen molar-refractivity contribution in [2.24, 2.45) is 7.05 Å². The molecule has 0 unspecified atom stereocenters. The number of thiophene rings is 1. The summed E-state index contributed by atoms with van der Waals surface area (Å²) >= 11 is 1.57. The Morgan fingerprint density at radius 1 is 1.03 bits per heavy atom. The summed E-state index contributed by atoms with van der Waals surface area (Å²) in [6.45, 7) is 0.772. The van der Waals surface area contributed by atoms with Gasteiger partial charge in [0.2, 0.25) is 0 Å². The molecule has 1 fully saturated rings. The average molecular weight is 511 g/mol. The van der Waals surface area contributed by atoms with Gasteiger partial charge in [0.15, 0.2) is 0 Å². The van der Waals surface area contributed by atoms with Crippen LogP contribution in [-0.2, 0) is 7.05 Å². The number of aryl methyl sites for hydroxylation is 1. The van der Waals surface area contributed by atoms with Crippen LogP contribution in [-0.4, -0.2) is 44.6 Å². The van der Waals surface area contributed by atoms with E-state index >= 15 is 0 Å². The number of nitrogens with zero attached hydrogens (tertiary/aromatic N) is 5. The van der Waals surface area contributed by atoms with Crippen molar-refractivity contribution in [1.82, 2.24) is 19.4 Å². The van der Waals surface area contributed by atoms with Crippen molar-refractivity contribution in [1.29, 1.82) is 0 Å². The lowest BCUT2D eigenvalue weighted by Crippen LogP contribution is -2.39. The van der Waals surface area contributed by atoms with Gasteiger partial charge in [-0.2, -0.15) is 0 Å². The van der Waals surface area contributed by atoms with Gasteiger partial charge in [0.05, 0.1) is 33.7 Å². The number of benzene rings is 2. The molecule has 2 aromatic carbocycles. The Hall–Kier alpha value is -4.70. The summed E-state index contributed by atoms with van der Waals surface area (Å²) in [5.74, 6) is 1.31. The topological polar surface area (TPSA) is 92.6 Å². The molecule has 5 aromatic rings. The first-order valence-corrected chi connectivity index (χ1v) is 12.5. The van der Waals surface area contributed by atoms with E-state index in [9.17, 15) is 9.59 Å². The zero-order valence-electron chi connectivity index (χ0n) is 19.9. The molecule has 4 heterocycles. The maximum absolute atomic E-state index is 12.8. The Labute approximate surface area is 216 Å². The van der Waals surface area contributed by atoms with E-state index in [1.165, 1.54) is 4.90 Å². The maximum Gasteiger partial charge on any atom is 0.332 e. The summed E-state index contributed by atoms with van der Waals surface area (Å²) in [5, 5.41) is 2.80. The first-order valence-electron chi connectivity index (χ1n) is 11.6. The van der Waals surface area contributed by atoms with E-state index in [-0.39, 0.29) is 6.03 Å². The molecule has 1 aliphatic rings. The van der Waals surface area contributed by atoms with E-state index in [1.54, 1.807) is 53.0 Å². The Balaban J connectivity index is 1.13. The number of fused-ring (bicyclic) bond motifs is 1. The summed E-state index contributed by atoms with van der Waals surface area (Å²) in [6, 6.07) is 19.4. The minimum atomic E-state index is -0.464. The number of imidazole rings is 1. The third kappa shape index (κ3) is 4.50. The van der Waals surface area contributed by atoms with Crippen LogP contribution in [0.2, 0.25) is 0 Å². The molecule has 37 heavy (non-hydrogen) atoms. The molecule has 4 amide bonds. The second-order valence-electron chi connectivity index (χ2n) is 8.54. The fraction of sp³-hybridized carbons (Fsp3) is 0.111. The minimum absolute atomic E-state index is 0.320. The largest absolute Gasteiger partial charge is 0.456 e. The lowest BCUT2D eigenvalue weighted by atomic mass is 10.3. The molecule has 0 aliphatic carbocycles. The fourth-order valence-corrected chi connectivity index (χ4v) is 5.19. The Kier molecular flexibility index (Phi) is 5.78. The minimum Gasteiger partial charge on any atom is -0.456 e. The predicted octanol–water partition coefficient (Wildman–Crippen LogP) is 5.96. The molecule has 3 aromatic heterocycles. The van der Waals surface area contributed by atoms with Gasteiger partial charge in [0.1, 0.15) is 11.5 Å². The van der Waals surface area contributed by atoms with Gasteiger partial charge in [-0.3, -0.25) is 9.88 Å². The number of carbonyl (C=O) groups is 2. The number of urea groups is 2. The van der Waals surface area contributed by atoms with Crippen molar-refractivity contribution in [2.45, 2.75) is 0 Å². The standard InChI is InChI=1S/C27H22N6O3S/c1-31-16-22(29-17-31)24-15-21-25(37-24)23(11-12-28-21)36-20-9-7-18(8-10-20)30-26(34)33-14-13-32(27(33)35)19-5-3-2-4-6-19/h2-12,15-17H,13-14H2,1H3,(H,30,34). The molecule has 0 bridgehead atoms. The van der Waals surface area contributed by atoms with Gasteiger partial charge in [0, 0.05) is 43.4 Å². The van der Waals surface area contributed by atoms with Crippen LogP contribution in [0.15, 0.2) is 85.5 Å². The van der Waals surface area contributed by atoms with Crippen molar-refractivity contribution in [3.8, 4) is 22.1 Å². The van der Waals surface area contributed by atoms with Gasteiger partial charge in [-0.1, -0.05) is 18.2 Å². The summed E-state index contributed by atoms with van der Waals surface area (Å²) in [7, 11) is 1.94. The van der Waals surface area contributed by atoms with Crippen LogP contribution in [0.5, 0.6) is 11.5 Å². The number of carbonyl (C=O) groups excluding carboxylic acids is 2. The molecule has 0 spiro atoms. The summed E-state index contributed by atoms with van der Waals surface area (Å²) in [4.78, 5) is 38.2. The van der Waals surface area contributed by atoms with Crippen LogP contribution in [0.1, 0.15) is 0 Å². The van der Waals surface area contributed by atoms with Gasteiger partial charge in [-0.05, 0) is 42.5 Å². The highest BCUT2D eigenvalue weighted by Crippen LogP contribution is 2.38. The van der Waals surface area contributed by atoms with Crippen LogP contribution >= 0.6 is 11.3 Å². The van der Waals surface area contributed by atoms with E-state index in [1.807, 2.05) is 60.3 Å². The number of imide groups is 1. The second-order valence-corrected chi connectivity index (χ2v) is 9.59. The summed E-state index contributed by atoms with van der Waals surface area (Å²) in [5.41, 5.74) is 3.07. The molecule has 1 aliphatic heterocycles. The number of amides is 4. The lowest BCUT2D eigenvalue weighted by Gasteiger charge is -2.18. The van der Waals surface area contributed by atoms with E-state index in [2.05, 4.69) is 15.3 Å². The maximum atomic E-state index is 12.8. The fourth-order valence-electron chi connectivity index (χ4n) is 4.16. The first kappa shape index (κ1) is 22.7. The van der Waals surface area contributed by atoms with Crippen molar-refractivity contribution in [3.05, 3.63) is 85.5 Å². The lowest BCUT2D eigenvalue weighted by molar-refractivity contribution is 0.209. The SMILES string of the molecule is Cn1cnc(-c2cc3nccc(Oc4ccc(NC(=O)N5CCN(c6ccccc6)C5=O)cc4)c3s2)c1. The number of anilines is 2. The molecule has 10 heteroatoms. The van der Waals surface area contributed by atoms with Crippen molar-refractivity contribution < 1.29 is 14.3 Å². The van der Waals surface area contributed by atoms with E-state index in [0.29, 0.717) is 30.3 Å². The number of aromatic nitrogens is 3. The number of hydrogen-bond acceptors (Lipinski definition) is 6. The molecule has 0 atom stereocenters. The second kappa shape index (κ2) is 9.40. The zero-order valence-corrected chi connectivity index (χ0v) is 20.7. The number of hydrogen-bond donors (Lipinski definition) is 1. The number of nitrogens with one attached hydrogen (secondary N) is 1. The highest BCUT2D eigenvalue weighted by Gasteiger charge is 2.34. The van der Waals surface area contributed by atoms with Gasteiger partial charge >= 0.3 is 12.1 Å². The highest BCUT2D eigenvalue weighted by atomic mass is 32.1. The molecule has 0 saturated carbocycles. The first-order chi connectivity index (χ1) is 18.0. The highest BCUT2D eigenvalue weighted by molar-refractivity contribution is 7.22. The normalized spacial score (nSPS) is 13.4. The van der Waals surface area contributed by atoms with E-state index < -0.39 is 6.03 Å². The monoisotopic (exact) mass is 510 g/mol. The Bertz CT molecular complexity index is 1600. The molecule has 1 saturated heterocycles.